The Morgan fingerprint density at radius 2 is 2.19 bits per heavy atom. The third-order valence-corrected chi connectivity index (χ3v) is 3.93. The van der Waals surface area contributed by atoms with Crippen LogP contribution in [-0.2, 0) is 16.1 Å². The van der Waals surface area contributed by atoms with Crippen molar-refractivity contribution in [3.63, 3.8) is 0 Å². The lowest BCUT2D eigenvalue weighted by Gasteiger charge is -2.09. The highest BCUT2D eigenvalue weighted by molar-refractivity contribution is 5.92. The SMILES string of the molecule is Cc1nn(C(C)C)c(C)c1NC(=O)COCc1nc(-c2cccnc2)no1. The van der Waals surface area contributed by atoms with E-state index in [-0.39, 0.29) is 25.2 Å². The van der Waals surface area contributed by atoms with Crippen molar-refractivity contribution in [2.45, 2.75) is 40.3 Å². The van der Waals surface area contributed by atoms with Crippen molar-refractivity contribution in [1.82, 2.24) is 24.9 Å². The molecule has 3 aromatic rings. The zero-order valence-corrected chi connectivity index (χ0v) is 15.8. The van der Waals surface area contributed by atoms with Crippen LogP contribution in [0.25, 0.3) is 11.4 Å². The fraction of sp³-hybridized carbons (Fsp3) is 0.389. The van der Waals surface area contributed by atoms with Crippen LogP contribution >= 0.6 is 0 Å². The summed E-state index contributed by atoms with van der Waals surface area (Å²) in [4.78, 5) is 20.4. The van der Waals surface area contributed by atoms with E-state index in [1.807, 2.05) is 38.4 Å². The van der Waals surface area contributed by atoms with Crippen molar-refractivity contribution in [2.75, 3.05) is 11.9 Å². The molecule has 0 aliphatic carbocycles. The monoisotopic (exact) mass is 370 g/mol. The molecule has 0 aliphatic rings. The average Bonchev–Trinajstić information content (AvgIpc) is 3.23. The number of carbonyl (C=O) groups excluding carboxylic acids is 1. The highest BCUT2D eigenvalue weighted by atomic mass is 16.5. The number of hydrogen-bond acceptors (Lipinski definition) is 7. The molecular weight excluding hydrogens is 348 g/mol. The van der Waals surface area contributed by atoms with Crippen LogP contribution in [-0.4, -0.2) is 37.4 Å². The Morgan fingerprint density at radius 3 is 2.85 bits per heavy atom. The number of aryl methyl sites for hydroxylation is 1. The molecule has 0 unspecified atom stereocenters. The highest BCUT2D eigenvalue weighted by Gasteiger charge is 2.16. The van der Waals surface area contributed by atoms with Crippen LogP contribution in [0.1, 0.15) is 37.2 Å². The van der Waals surface area contributed by atoms with Gasteiger partial charge >= 0.3 is 0 Å². The van der Waals surface area contributed by atoms with Crippen LogP contribution in [0.4, 0.5) is 5.69 Å². The van der Waals surface area contributed by atoms with Crippen molar-refractivity contribution in [2.24, 2.45) is 0 Å². The van der Waals surface area contributed by atoms with Crippen LogP contribution < -0.4 is 5.32 Å². The van der Waals surface area contributed by atoms with Crippen molar-refractivity contribution >= 4 is 11.6 Å². The van der Waals surface area contributed by atoms with E-state index in [9.17, 15) is 4.79 Å². The number of nitrogens with zero attached hydrogens (tertiary/aromatic N) is 5. The Labute approximate surface area is 156 Å². The Hall–Kier alpha value is -3.07. The van der Waals surface area contributed by atoms with Crippen LogP contribution in [0.5, 0.6) is 0 Å². The van der Waals surface area contributed by atoms with Crippen LogP contribution in [0, 0.1) is 13.8 Å². The maximum atomic E-state index is 12.2. The van der Waals surface area contributed by atoms with E-state index in [2.05, 4.69) is 25.5 Å². The second-order valence-electron chi connectivity index (χ2n) is 6.38. The molecular formula is C18H22N6O3. The fourth-order valence-electron chi connectivity index (χ4n) is 2.68. The zero-order valence-electron chi connectivity index (χ0n) is 15.8. The van der Waals surface area contributed by atoms with Gasteiger partial charge in [0.05, 0.1) is 17.1 Å². The molecule has 9 heteroatoms. The number of ether oxygens (including phenoxy) is 1. The number of carbonyl (C=O) groups is 1. The first-order valence-electron chi connectivity index (χ1n) is 8.62. The average molecular weight is 370 g/mol. The van der Waals surface area contributed by atoms with Gasteiger partial charge in [0, 0.05) is 24.0 Å². The summed E-state index contributed by atoms with van der Waals surface area (Å²) >= 11 is 0. The van der Waals surface area contributed by atoms with E-state index in [0.29, 0.717) is 17.4 Å². The molecule has 3 aromatic heterocycles. The van der Waals surface area contributed by atoms with E-state index >= 15 is 0 Å². The number of pyridine rings is 1. The van der Waals surface area contributed by atoms with Gasteiger partial charge in [0.15, 0.2) is 0 Å². The molecule has 0 saturated heterocycles. The van der Waals surface area contributed by atoms with Crippen molar-refractivity contribution in [3.8, 4) is 11.4 Å². The summed E-state index contributed by atoms with van der Waals surface area (Å²) in [6.45, 7) is 7.78. The molecule has 27 heavy (non-hydrogen) atoms. The molecule has 0 bridgehead atoms. The van der Waals surface area contributed by atoms with Gasteiger partial charge in [-0.05, 0) is 39.8 Å². The molecule has 0 fully saturated rings. The Kier molecular flexibility index (Phi) is 5.60. The number of rotatable bonds is 7. The summed E-state index contributed by atoms with van der Waals surface area (Å²) < 4.78 is 12.4. The minimum Gasteiger partial charge on any atom is -0.362 e. The summed E-state index contributed by atoms with van der Waals surface area (Å²) in [5, 5.41) is 11.2. The van der Waals surface area contributed by atoms with E-state index in [1.54, 1.807) is 18.5 Å². The van der Waals surface area contributed by atoms with Crippen molar-refractivity contribution < 1.29 is 14.1 Å². The third-order valence-electron chi connectivity index (χ3n) is 3.93. The first-order valence-corrected chi connectivity index (χ1v) is 8.62. The molecule has 0 aliphatic heterocycles. The van der Waals surface area contributed by atoms with Gasteiger partial charge in [-0.1, -0.05) is 5.16 Å². The molecule has 1 amide bonds. The van der Waals surface area contributed by atoms with Gasteiger partial charge in [-0.3, -0.25) is 14.5 Å². The standard InChI is InChI=1S/C18H22N6O3/c1-11(2)24-13(4)17(12(3)22-24)20-15(25)9-26-10-16-21-18(23-27-16)14-6-5-7-19-8-14/h5-8,11H,9-10H2,1-4H3,(H,20,25). The van der Waals surface area contributed by atoms with Crippen LogP contribution in [0.15, 0.2) is 29.0 Å². The minimum absolute atomic E-state index is 0.0455. The van der Waals surface area contributed by atoms with Crippen molar-refractivity contribution in [1.29, 1.82) is 0 Å². The molecule has 3 rings (SSSR count). The fourth-order valence-corrected chi connectivity index (χ4v) is 2.68. The molecule has 0 spiro atoms. The van der Waals surface area contributed by atoms with Gasteiger partial charge in [-0.25, -0.2) is 0 Å². The molecule has 142 valence electrons. The maximum Gasteiger partial charge on any atom is 0.252 e. The summed E-state index contributed by atoms with van der Waals surface area (Å²) in [6.07, 6.45) is 3.31. The number of amides is 1. The van der Waals surface area contributed by atoms with Crippen molar-refractivity contribution in [3.05, 3.63) is 41.8 Å². The van der Waals surface area contributed by atoms with Gasteiger partial charge < -0.3 is 14.6 Å². The second-order valence-corrected chi connectivity index (χ2v) is 6.38. The predicted molar refractivity (Wildman–Crippen MR) is 97.9 cm³/mol. The second kappa shape index (κ2) is 8.09. The van der Waals surface area contributed by atoms with Gasteiger partial charge in [-0.15, -0.1) is 0 Å². The summed E-state index contributed by atoms with van der Waals surface area (Å²) in [5.41, 5.74) is 3.15. The number of hydrogen-bond donors (Lipinski definition) is 1. The van der Waals surface area contributed by atoms with Crippen LogP contribution in [0.2, 0.25) is 0 Å². The Balaban J connectivity index is 1.53. The van der Waals surface area contributed by atoms with E-state index in [4.69, 9.17) is 9.26 Å². The van der Waals surface area contributed by atoms with E-state index in [0.717, 1.165) is 17.0 Å². The lowest BCUT2D eigenvalue weighted by molar-refractivity contribution is -0.121. The van der Waals surface area contributed by atoms with E-state index < -0.39 is 0 Å². The largest absolute Gasteiger partial charge is 0.362 e. The Bertz CT molecular complexity index is 917. The molecule has 0 atom stereocenters. The normalized spacial score (nSPS) is 11.1. The topological polar surface area (TPSA) is 108 Å². The van der Waals surface area contributed by atoms with Gasteiger partial charge in [-0.2, -0.15) is 10.1 Å². The lowest BCUT2D eigenvalue weighted by atomic mass is 10.3. The highest BCUT2D eigenvalue weighted by Crippen LogP contribution is 2.22. The van der Waals surface area contributed by atoms with Gasteiger partial charge in [0.1, 0.15) is 13.2 Å². The lowest BCUT2D eigenvalue weighted by Crippen LogP contribution is -2.19. The summed E-state index contributed by atoms with van der Waals surface area (Å²) in [5.74, 6) is 0.455. The molecule has 3 heterocycles. The van der Waals surface area contributed by atoms with E-state index in [1.165, 1.54) is 0 Å². The molecule has 0 saturated carbocycles. The number of aromatic nitrogens is 5. The summed E-state index contributed by atoms with van der Waals surface area (Å²) in [6, 6.07) is 3.84. The third kappa shape index (κ3) is 4.37. The minimum atomic E-state index is -0.267. The maximum absolute atomic E-state index is 12.2. The Morgan fingerprint density at radius 1 is 1.37 bits per heavy atom. The van der Waals surface area contributed by atoms with Crippen LogP contribution in [0.3, 0.4) is 0 Å². The molecule has 9 nitrogen and oxygen atoms in total. The first-order chi connectivity index (χ1) is 13.0. The number of anilines is 1. The van der Waals surface area contributed by atoms with Gasteiger partial charge in [0.2, 0.25) is 11.7 Å². The predicted octanol–water partition coefficient (Wildman–Crippen LogP) is 2.68. The quantitative estimate of drug-likeness (QED) is 0.681. The zero-order chi connectivity index (χ0) is 19.4. The molecule has 1 N–H and O–H groups in total. The van der Waals surface area contributed by atoms with Gasteiger partial charge in [0.25, 0.3) is 5.89 Å². The molecule has 0 aromatic carbocycles. The molecule has 0 radical (unpaired) electrons. The smallest absolute Gasteiger partial charge is 0.252 e. The summed E-state index contributed by atoms with van der Waals surface area (Å²) in [7, 11) is 0. The first kappa shape index (κ1) is 18.7. The number of nitrogens with one attached hydrogen (secondary N) is 1.